The molecule has 4 N–H and O–H groups in total. The average molecular weight is 273 g/mol. The molecule has 1 aliphatic carbocycles. The zero-order chi connectivity index (χ0) is 14.3. The maximum atomic E-state index is 11.6. The van der Waals surface area contributed by atoms with Gasteiger partial charge in [-0.15, -0.1) is 0 Å². The molecule has 19 heavy (non-hydrogen) atoms. The van der Waals surface area contributed by atoms with E-state index < -0.39 is 31.0 Å². The highest BCUT2D eigenvalue weighted by atomic mass is 16.5. The number of amides is 3. The van der Waals surface area contributed by atoms with E-state index in [9.17, 15) is 14.4 Å². The molecule has 0 aliphatic heterocycles. The van der Waals surface area contributed by atoms with E-state index in [4.69, 9.17) is 15.6 Å². The van der Waals surface area contributed by atoms with Crippen LogP contribution in [0.1, 0.15) is 12.8 Å². The Morgan fingerprint density at radius 2 is 2.00 bits per heavy atom. The molecule has 0 spiro atoms. The van der Waals surface area contributed by atoms with E-state index in [1.54, 1.807) is 0 Å². The summed E-state index contributed by atoms with van der Waals surface area (Å²) >= 11 is 0. The number of aliphatic carboxylic acids is 1. The van der Waals surface area contributed by atoms with Crippen LogP contribution in [0.3, 0.4) is 0 Å². The molecule has 8 heteroatoms. The Hall–Kier alpha value is -1.83. The van der Waals surface area contributed by atoms with E-state index in [2.05, 4.69) is 5.32 Å². The predicted octanol–water partition coefficient (Wildman–Crippen LogP) is -1.01. The first-order valence-electron chi connectivity index (χ1n) is 6.09. The van der Waals surface area contributed by atoms with Crippen LogP contribution in [-0.2, 0) is 14.3 Å². The second kappa shape index (κ2) is 7.57. The fourth-order valence-electron chi connectivity index (χ4n) is 1.43. The number of nitrogens with one attached hydrogen (secondary N) is 1. The molecule has 0 atom stereocenters. The summed E-state index contributed by atoms with van der Waals surface area (Å²) in [5, 5.41) is 11.1. The lowest BCUT2D eigenvalue weighted by Crippen LogP contribution is -2.47. The van der Waals surface area contributed by atoms with Gasteiger partial charge in [0.1, 0.15) is 13.1 Å². The molecule has 8 nitrogen and oxygen atoms in total. The number of ether oxygens (including phenoxy) is 1. The van der Waals surface area contributed by atoms with Crippen molar-refractivity contribution in [1.29, 1.82) is 0 Å². The maximum absolute atomic E-state index is 11.6. The summed E-state index contributed by atoms with van der Waals surface area (Å²) in [4.78, 5) is 33.7. The van der Waals surface area contributed by atoms with Crippen molar-refractivity contribution in [3.63, 3.8) is 0 Å². The Kier molecular flexibility index (Phi) is 6.07. The largest absolute Gasteiger partial charge is 0.480 e. The normalized spacial score (nSPS) is 13.9. The van der Waals surface area contributed by atoms with Gasteiger partial charge in [-0.2, -0.15) is 0 Å². The highest BCUT2D eigenvalue weighted by Crippen LogP contribution is 2.28. The number of hydrogen-bond acceptors (Lipinski definition) is 4. The van der Waals surface area contributed by atoms with E-state index in [0.717, 1.165) is 4.90 Å². The van der Waals surface area contributed by atoms with Crippen LogP contribution in [0, 0.1) is 5.92 Å². The van der Waals surface area contributed by atoms with Gasteiger partial charge in [-0.05, 0) is 18.8 Å². The van der Waals surface area contributed by atoms with E-state index in [-0.39, 0.29) is 6.54 Å². The Morgan fingerprint density at radius 1 is 1.32 bits per heavy atom. The number of carbonyl (C=O) groups excluding carboxylic acids is 2. The third-order valence-electron chi connectivity index (χ3n) is 2.53. The van der Waals surface area contributed by atoms with E-state index in [0.29, 0.717) is 19.1 Å². The van der Waals surface area contributed by atoms with Crippen LogP contribution < -0.4 is 11.1 Å². The first-order valence-corrected chi connectivity index (χ1v) is 6.09. The average Bonchev–Trinajstić information content (AvgIpc) is 3.10. The van der Waals surface area contributed by atoms with Gasteiger partial charge in [-0.1, -0.05) is 0 Å². The molecule has 0 aromatic rings. The third-order valence-corrected chi connectivity index (χ3v) is 2.53. The fourth-order valence-corrected chi connectivity index (χ4v) is 1.43. The van der Waals surface area contributed by atoms with Gasteiger partial charge >= 0.3 is 12.0 Å². The lowest BCUT2D eigenvalue weighted by Gasteiger charge is -2.19. The van der Waals surface area contributed by atoms with Crippen LogP contribution in [0.15, 0.2) is 0 Å². The monoisotopic (exact) mass is 273 g/mol. The van der Waals surface area contributed by atoms with Crippen molar-refractivity contribution in [1.82, 2.24) is 10.2 Å². The Labute approximate surface area is 110 Å². The molecule has 1 aliphatic rings. The SMILES string of the molecule is NC(=O)CN(CC(=O)O)C(=O)NCCOCC1CC1. The Balaban J connectivity index is 2.20. The number of hydrogen-bond donors (Lipinski definition) is 3. The van der Waals surface area contributed by atoms with Gasteiger partial charge < -0.3 is 25.8 Å². The van der Waals surface area contributed by atoms with Crippen molar-refractivity contribution in [2.75, 3.05) is 32.8 Å². The first kappa shape index (κ1) is 15.2. The number of carboxylic acid groups (broad SMARTS) is 1. The molecule has 1 fully saturated rings. The lowest BCUT2D eigenvalue weighted by atomic mass is 10.4. The minimum atomic E-state index is -1.21. The summed E-state index contributed by atoms with van der Waals surface area (Å²) in [6.07, 6.45) is 2.38. The van der Waals surface area contributed by atoms with Gasteiger partial charge in [0.05, 0.1) is 6.61 Å². The number of rotatable bonds is 9. The van der Waals surface area contributed by atoms with Crippen molar-refractivity contribution in [2.24, 2.45) is 11.7 Å². The molecule has 0 unspecified atom stereocenters. The second-order valence-corrected chi connectivity index (χ2v) is 4.47. The zero-order valence-corrected chi connectivity index (χ0v) is 10.6. The van der Waals surface area contributed by atoms with Gasteiger partial charge in [0.15, 0.2) is 0 Å². The molecule has 0 bridgehead atoms. The minimum Gasteiger partial charge on any atom is -0.480 e. The summed E-state index contributed by atoms with van der Waals surface area (Å²) in [6.45, 7) is 0.314. The predicted molar refractivity (Wildman–Crippen MR) is 65.3 cm³/mol. The van der Waals surface area contributed by atoms with Gasteiger partial charge in [-0.25, -0.2) is 4.79 Å². The summed E-state index contributed by atoms with van der Waals surface area (Å²) in [6, 6.07) is -0.642. The number of primary amides is 1. The van der Waals surface area contributed by atoms with Gasteiger partial charge in [0, 0.05) is 13.2 Å². The number of urea groups is 1. The molecule has 1 saturated carbocycles. The summed E-state index contributed by atoms with van der Waals surface area (Å²) in [5.41, 5.74) is 4.95. The highest BCUT2D eigenvalue weighted by molar-refractivity contribution is 5.85. The summed E-state index contributed by atoms with van der Waals surface area (Å²) < 4.78 is 5.31. The van der Waals surface area contributed by atoms with Crippen LogP contribution >= 0.6 is 0 Å². The van der Waals surface area contributed by atoms with Crippen molar-refractivity contribution < 1.29 is 24.2 Å². The molecule has 3 amide bonds. The van der Waals surface area contributed by atoms with Crippen molar-refractivity contribution in [3.8, 4) is 0 Å². The molecule has 0 aromatic heterocycles. The van der Waals surface area contributed by atoms with Gasteiger partial charge in [-0.3, -0.25) is 9.59 Å². The van der Waals surface area contributed by atoms with Crippen LogP contribution in [-0.4, -0.2) is 60.8 Å². The molecule has 0 heterocycles. The van der Waals surface area contributed by atoms with E-state index >= 15 is 0 Å². The van der Waals surface area contributed by atoms with E-state index in [1.165, 1.54) is 12.8 Å². The van der Waals surface area contributed by atoms with Gasteiger partial charge in [0.25, 0.3) is 0 Å². The molecular formula is C11H19N3O5. The number of carboxylic acids is 1. The molecule has 0 radical (unpaired) electrons. The molecule has 0 aromatic carbocycles. The number of carbonyl (C=O) groups is 3. The van der Waals surface area contributed by atoms with Crippen LogP contribution in [0.2, 0.25) is 0 Å². The minimum absolute atomic E-state index is 0.264. The zero-order valence-electron chi connectivity index (χ0n) is 10.6. The van der Waals surface area contributed by atoms with Crippen molar-refractivity contribution in [3.05, 3.63) is 0 Å². The maximum Gasteiger partial charge on any atom is 0.323 e. The van der Waals surface area contributed by atoms with E-state index in [1.807, 2.05) is 0 Å². The van der Waals surface area contributed by atoms with Crippen molar-refractivity contribution >= 4 is 17.9 Å². The second-order valence-electron chi connectivity index (χ2n) is 4.47. The molecule has 0 saturated heterocycles. The standard InChI is InChI=1S/C11H19N3O5/c12-9(15)5-14(6-10(16)17)11(18)13-3-4-19-7-8-1-2-8/h8H,1-7H2,(H2,12,15)(H,13,18)(H,16,17). The molecular weight excluding hydrogens is 254 g/mol. The molecule has 1 rings (SSSR count). The quantitative estimate of drug-likeness (QED) is 0.465. The number of nitrogens with zero attached hydrogens (tertiary/aromatic N) is 1. The summed E-state index contributed by atoms with van der Waals surface area (Å²) in [7, 11) is 0. The topological polar surface area (TPSA) is 122 Å². The van der Waals surface area contributed by atoms with Crippen molar-refractivity contribution in [2.45, 2.75) is 12.8 Å². The third kappa shape index (κ3) is 7.24. The van der Waals surface area contributed by atoms with Crippen LogP contribution in [0.25, 0.3) is 0 Å². The van der Waals surface area contributed by atoms with Crippen LogP contribution in [0.5, 0.6) is 0 Å². The smallest absolute Gasteiger partial charge is 0.323 e. The van der Waals surface area contributed by atoms with Crippen LogP contribution in [0.4, 0.5) is 4.79 Å². The fraction of sp³-hybridized carbons (Fsp3) is 0.727. The summed E-state index contributed by atoms with van der Waals surface area (Å²) in [5.74, 6) is -1.32. The van der Waals surface area contributed by atoms with Gasteiger partial charge in [0.2, 0.25) is 5.91 Å². The lowest BCUT2D eigenvalue weighted by molar-refractivity contribution is -0.137. The Morgan fingerprint density at radius 3 is 2.53 bits per heavy atom. The molecule has 108 valence electrons. The Bertz CT molecular complexity index is 327. The number of nitrogens with two attached hydrogens (primary N) is 1. The first-order chi connectivity index (χ1) is 8.99. The highest BCUT2D eigenvalue weighted by Gasteiger charge is 2.21.